The zero-order chi connectivity index (χ0) is 18.6. The fourth-order valence-corrected chi connectivity index (χ4v) is 3.40. The van der Waals surface area contributed by atoms with E-state index < -0.39 is 10.1 Å². The average Bonchev–Trinajstić information content (AvgIpc) is 3.09. The quantitative estimate of drug-likeness (QED) is 0.454. The summed E-state index contributed by atoms with van der Waals surface area (Å²) in [4.78, 5) is 0.164. The summed E-state index contributed by atoms with van der Waals surface area (Å²) in [6.07, 6.45) is 2.89. The highest BCUT2D eigenvalue weighted by atomic mass is 35.5. The van der Waals surface area contributed by atoms with Crippen LogP contribution in [0.4, 0.5) is 0 Å². The van der Waals surface area contributed by atoms with E-state index in [1.54, 1.807) is 47.3 Å². The first-order valence-corrected chi connectivity index (χ1v) is 9.86. The van der Waals surface area contributed by atoms with Crippen LogP contribution >= 0.6 is 11.6 Å². The number of hydrogen-bond acceptors (Lipinski definition) is 5. The van der Waals surface area contributed by atoms with Crippen molar-refractivity contribution in [2.24, 2.45) is 0 Å². The second kappa shape index (κ2) is 7.99. The number of aryl methyl sites for hydroxylation is 2. The molecule has 1 aromatic heterocycles. The number of aromatic nitrogens is 3. The molecule has 0 bridgehead atoms. The molecule has 0 saturated heterocycles. The Labute approximate surface area is 157 Å². The van der Waals surface area contributed by atoms with Crippen molar-refractivity contribution in [2.45, 2.75) is 24.7 Å². The SMILES string of the molecule is Cc1ccc(S(=O)(=O)OCCCc2cn(-c3ccc(Cl)cc3)nn2)cc1. The first-order valence-electron chi connectivity index (χ1n) is 8.07. The zero-order valence-corrected chi connectivity index (χ0v) is 15.7. The summed E-state index contributed by atoms with van der Waals surface area (Å²) in [7, 11) is -3.73. The van der Waals surface area contributed by atoms with Gasteiger partial charge in [-0.1, -0.05) is 34.5 Å². The highest BCUT2D eigenvalue weighted by Crippen LogP contribution is 2.15. The minimum absolute atomic E-state index is 0.0873. The van der Waals surface area contributed by atoms with Crippen LogP contribution in [0.25, 0.3) is 5.69 Å². The van der Waals surface area contributed by atoms with Crippen LogP contribution in [0, 0.1) is 6.92 Å². The number of hydrogen-bond donors (Lipinski definition) is 0. The van der Waals surface area contributed by atoms with Crippen molar-refractivity contribution >= 4 is 21.7 Å². The van der Waals surface area contributed by atoms with Gasteiger partial charge in [0.1, 0.15) is 0 Å². The molecule has 0 fully saturated rings. The molecule has 26 heavy (non-hydrogen) atoms. The minimum atomic E-state index is -3.73. The number of nitrogens with zero attached hydrogens (tertiary/aromatic N) is 3. The van der Waals surface area contributed by atoms with Gasteiger partial charge in [0.25, 0.3) is 10.1 Å². The van der Waals surface area contributed by atoms with Gasteiger partial charge in [0, 0.05) is 5.02 Å². The average molecular weight is 392 g/mol. The Morgan fingerprint density at radius 3 is 2.46 bits per heavy atom. The van der Waals surface area contributed by atoms with Gasteiger partial charge >= 0.3 is 0 Å². The Kier molecular flexibility index (Phi) is 5.70. The van der Waals surface area contributed by atoms with Crippen LogP contribution in [0.2, 0.25) is 5.02 Å². The van der Waals surface area contributed by atoms with Gasteiger partial charge in [-0.25, -0.2) is 4.68 Å². The third-order valence-corrected chi connectivity index (χ3v) is 5.34. The van der Waals surface area contributed by atoms with Gasteiger partial charge in [0.15, 0.2) is 0 Å². The fourth-order valence-electron chi connectivity index (χ4n) is 2.33. The Morgan fingerprint density at radius 2 is 1.77 bits per heavy atom. The van der Waals surface area contributed by atoms with E-state index >= 15 is 0 Å². The van der Waals surface area contributed by atoms with E-state index in [0.717, 1.165) is 16.9 Å². The predicted octanol–water partition coefficient (Wildman–Crippen LogP) is 3.57. The molecule has 0 radical (unpaired) electrons. The minimum Gasteiger partial charge on any atom is -0.266 e. The summed E-state index contributed by atoms with van der Waals surface area (Å²) >= 11 is 5.87. The highest BCUT2D eigenvalue weighted by molar-refractivity contribution is 7.86. The zero-order valence-electron chi connectivity index (χ0n) is 14.2. The molecule has 6 nitrogen and oxygen atoms in total. The topological polar surface area (TPSA) is 74.1 Å². The maximum atomic E-state index is 12.1. The molecule has 3 aromatic rings. The monoisotopic (exact) mass is 391 g/mol. The summed E-state index contributed by atoms with van der Waals surface area (Å²) in [5.41, 5.74) is 2.61. The van der Waals surface area contributed by atoms with Crippen LogP contribution in [0.5, 0.6) is 0 Å². The normalized spacial score (nSPS) is 11.6. The van der Waals surface area contributed by atoms with Crippen LogP contribution < -0.4 is 0 Å². The largest absolute Gasteiger partial charge is 0.296 e. The molecule has 0 saturated carbocycles. The van der Waals surface area contributed by atoms with Crippen molar-refractivity contribution in [3.8, 4) is 5.69 Å². The molecule has 0 N–H and O–H groups in total. The van der Waals surface area contributed by atoms with Crippen LogP contribution in [0.1, 0.15) is 17.7 Å². The van der Waals surface area contributed by atoms with Crippen molar-refractivity contribution in [1.82, 2.24) is 15.0 Å². The van der Waals surface area contributed by atoms with Gasteiger partial charge in [-0.15, -0.1) is 5.10 Å². The lowest BCUT2D eigenvalue weighted by molar-refractivity contribution is 0.312. The Balaban J connectivity index is 1.52. The molecule has 0 amide bonds. The van der Waals surface area contributed by atoms with Crippen molar-refractivity contribution in [3.63, 3.8) is 0 Å². The van der Waals surface area contributed by atoms with Crippen LogP contribution in [0.3, 0.4) is 0 Å². The van der Waals surface area contributed by atoms with Gasteiger partial charge in [0.2, 0.25) is 0 Å². The number of benzene rings is 2. The van der Waals surface area contributed by atoms with Gasteiger partial charge in [-0.3, -0.25) is 4.18 Å². The summed E-state index contributed by atoms with van der Waals surface area (Å²) in [5.74, 6) is 0. The van der Waals surface area contributed by atoms with Gasteiger partial charge in [0.05, 0.1) is 29.1 Å². The molecule has 1 heterocycles. The molecular weight excluding hydrogens is 374 g/mol. The second-order valence-corrected chi connectivity index (χ2v) is 7.88. The van der Waals surface area contributed by atoms with Crippen molar-refractivity contribution in [3.05, 3.63) is 71.0 Å². The first kappa shape index (κ1) is 18.6. The molecule has 8 heteroatoms. The van der Waals surface area contributed by atoms with E-state index in [0.29, 0.717) is 17.9 Å². The van der Waals surface area contributed by atoms with E-state index in [9.17, 15) is 8.42 Å². The molecule has 3 rings (SSSR count). The molecule has 0 unspecified atom stereocenters. The van der Waals surface area contributed by atoms with Gasteiger partial charge in [-0.2, -0.15) is 8.42 Å². The van der Waals surface area contributed by atoms with E-state index in [1.807, 2.05) is 19.1 Å². The maximum absolute atomic E-state index is 12.1. The summed E-state index contributed by atoms with van der Waals surface area (Å²) in [6, 6.07) is 13.8. The molecular formula is C18H18ClN3O3S. The molecule has 0 spiro atoms. The van der Waals surface area contributed by atoms with Crippen LogP contribution in [-0.4, -0.2) is 30.0 Å². The third kappa shape index (κ3) is 4.69. The summed E-state index contributed by atoms with van der Waals surface area (Å²) in [5, 5.41) is 8.81. The fraction of sp³-hybridized carbons (Fsp3) is 0.222. The lowest BCUT2D eigenvalue weighted by atomic mass is 10.2. The van der Waals surface area contributed by atoms with Crippen molar-refractivity contribution < 1.29 is 12.6 Å². The Morgan fingerprint density at radius 1 is 1.08 bits per heavy atom. The molecule has 136 valence electrons. The van der Waals surface area contributed by atoms with Crippen molar-refractivity contribution in [1.29, 1.82) is 0 Å². The van der Waals surface area contributed by atoms with E-state index in [-0.39, 0.29) is 11.5 Å². The highest BCUT2D eigenvalue weighted by Gasteiger charge is 2.14. The van der Waals surface area contributed by atoms with Crippen LogP contribution in [0.15, 0.2) is 59.6 Å². The molecule has 0 atom stereocenters. The maximum Gasteiger partial charge on any atom is 0.296 e. The molecule has 0 aliphatic rings. The van der Waals surface area contributed by atoms with E-state index in [1.165, 1.54) is 0 Å². The number of halogens is 1. The van der Waals surface area contributed by atoms with Gasteiger partial charge < -0.3 is 0 Å². The molecule has 0 aliphatic carbocycles. The summed E-state index contributed by atoms with van der Waals surface area (Å²) < 4.78 is 30.9. The predicted molar refractivity (Wildman–Crippen MR) is 99.0 cm³/mol. The smallest absolute Gasteiger partial charge is 0.266 e. The lowest BCUT2D eigenvalue weighted by Crippen LogP contribution is -2.08. The molecule has 0 aliphatic heterocycles. The Hall–Kier alpha value is -2.22. The summed E-state index contributed by atoms with van der Waals surface area (Å²) in [6.45, 7) is 1.98. The second-order valence-electron chi connectivity index (χ2n) is 5.82. The lowest BCUT2D eigenvalue weighted by Gasteiger charge is -2.05. The molecule has 2 aromatic carbocycles. The van der Waals surface area contributed by atoms with Crippen LogP contribution in [-0.2, 0) is 20.7 Å². The Bertz CT molecular complexity index is 968. The standard InChI is InChI=1S/C18H18ClN3O3S/c1-14-4-10-18(11-5-14)26(23,24)25-12-2-3-16-13-22(21-20-16)17-8-6-15(19)7-9-17/h4-11,13H,2-3,12H2,1H3. The third-order valence-electron chi connectivity index (χ3n) is 3.76. The van der Waals surface area contributed by atoms with E-state index in [2.05, 4.69) is 10.3 Å². The van der Waals surface area contributed by atoms with Gasteiger partial charge in [-0.05, 0) is 56.2 Å². The van der Waals surface area contributed by atoms with Crippen molar-refractivity contribution in [2.75, 3.05) is 6.61 Å². The number of rotatable bonds is 7. The van der Waals surface area contributed by atoms with E-state index in [4.69, 9.17) is 15.8 Å². The first-order chi connectivity index (χ1) is 12.4.